The van der Waals surface area contributed by atoms with Crippen molar-refractivity contribution in [2.75, 3.05) is 13.1 Å². The van der Waals surface area contributed by atoms with E-state index in [1.807, 2.05) is 45.0 Å². The number of carbonyl (C=O) groups excluding carboxylic acids is 1. The molecule has 4 nitrogen and oxygen atoms in total. The number of likely N-dealkylation sites (N-methyl/N-ethyl adjacent to an activating group) is 1. The van der Waals surface area contributed by atoms with Gasteiger partial charge in [-0.05, 0) is 62.4 Å². The third kappa shape index (κ3) is 3.75. The van der Waals surface area contributed by atoms with Crippen LogP contribution >= 0.6 is 27.7 Å². The van der Waals surface area contributed by atoms with E-state index in [-0.39, 0.29) is 5.91 Å². The maximum Gasteiger partial charge on any atom is 0.266 e. The predicted molar refractivity (Wildman–Crippen MR) is 108 cm³/mol. The van der Waals surface area contributed by atoms with Crippen LogP contribution in [0.4, 0.5) is 0 Å². The second kappa shape index (κ2) is 7.62. The highest BCUT2D eigenvalue weighted by Crippen LogP contribution is 2.34. The summed E-state index contributed by atoms with van der Waals surface area (Å²) in [6.07, 6.45) is 1.79. The number of rotatable bonds is 4. The van der Waals surface area contributed by atoms with Crippen molar-refractivity contribution in [3.63, 3.8) is 0 Å². The van der Waals surface area contributed by atoms with E-state index >= 15 is 0 Å². The Bertz CT molecular complexity index is 870. The zero-order valence-electron chi connectivity index (χ0n) is 14.4. The summed E-state index contributed by atoms with van der Waals surface area (Å²) in [6, 6.07) is 9.93. The lowest BCUT2D eigenvalue weighted by Crippen LogP contribution is -2.28. The molecule has 0 N–H and O–H groups in total. The van der Waals surface area contributed by atoms with Gasteiger partial charge in [0.05, 0.1) is 4.91 Å². The third-order valence-corrected chi connectivity index (χ3v) is 5.49. The lowest BCUT2D eigenvalue weighted by atomic mass is 10.1. The molecule has 130 valence electrons. The summed E-state index contributed by atoms with van der Waals surface area (Å²) in [4.78, 5) is 19.2. The van der Waals surface area contributed by atoms with Crippen molar-refractivity contribution in [3.05, 3.63) is 51.0 Å². The minimum atomic E-state index is -0.0193. The molecule has 0 bridgehead atoms. The number of thioether (sulfide) groups is 1. The van der Waals surface area contributed by atoms with Crippen molar-refractivity contribution in [2.24, 2.45) is 4.99 Å². The quantitative estimate of drug-likeness (QED) is 0.630. The van der Waals surface area contributed by atoms with Crippen molar-refractivity contribution in [1.82, 2.24) is 4.90 Å². The topological polar surface area (TPSA) is 45.8 Å². The van der Waals surface area contributed by atoms with E-state index in [2.05, 4.69) is 27.0 Å². The average Bonchev–Trinajstić information content (AvgIpc) is 3.13. The summed E-state index contributed by atoms with van der Waals surface area (Å²) in [6.45, 7) is 7.23. The summed E-state index contributed by atoms with van der Waals surface area (Å²) in [7, 11) is 0. The Labute approximate surface area is 160 Å². The number of halogens is 1. The fourth-order valence-electron chi connectivity index (χ4n) is 2.56. The van der Waals surface area contributed by atoms with E-state index in [0.717, 1.165) is 21.0 Å². The number of hydrogen-bond donors (Lipinski definition) is 0. The van der Waals surface area contributed by atoms with Crippen molar-refractivity contribution in [3.8, 4) is 11.3 Å². The van der Waals surface area contributed by atoms with Gasteiger partial charge in [-0.3, -0.25) is 14.7 Å². The van der Waals surface area contributed by atoms with Gasteiger partial charge in [-0.25, -0.2) is 0 Å². The van der Waals surface area contributed by atoms with Gasteiger partial charge in [0, 0.05) is 29.2 Å². The van der Waals surface area contributed by atoms with Crippen LogP contribution in [0.15, 0.2) is 49.1 Å². The number of aliphatic imine (C=N–C) groups is 1. The van der Waals surface area contributed by atoms with Crippen LogP contribution in [0, 0.1) is 6.92 Å². The molecule has 0 radical (unpaired) electrons. The van der Waals surface area contributed by atoms with Gasteiger partial charge in [0.1, 0.15) is 11.5 Å². The molecule has 1 saturated heterocycles. The van der Waals surface area contributed by atoms with Crippen LogP contribution < -0.4 is 0 Å². The number of furan rings is 1. The molecular formula is C19H19BrN2O2S. The highest BCUT2D eigenvalue weighted by molar-refractivity contribution is 9.10. The number of hydrogen-bond acceptors (Lipinski definition) is 4. The first-order valence-electron chi connectivity index (χ1n) is 8.15. The molecule has 1 aliphatic heterocycles. The smallest absolute Gasteiger partial charge is 0.266 e. The Kier molecular flexibility index (Phi) is 5.49. The highest BCUT2D eigenvalue weighted by atomic mass is 79.9. The van der Waals surface area contributed by atoms with Crippen LogP contribution in [0.5, 0.6) is 0 Å². The standard InChI is InChI=1S/C19H19BrN2O2S/c1-4-21-19-22(5-2)18(23)17(25-19)11-13-7-9-16(24-13)14-8-6-12(3)10-15(14)20/h6-11H,4-5H2,1-3H3/b17-11-,21-19?. The number of amidine groups is 1. The van der Waals surface area contributed by atoms with Gasteiger partial charge in [-0.1, -0.05) is 22.0 Å². The Morgan fingerprint density at radius 3 is 2.76 bits per heavy atom. The number of benzene rings is 1. The van der Waals surface area contributed by atoms with E-state index in [0.29, 0.717) is 23.8 Å². The summed E-state index contributed by atoms with van der Waals surface area (Å²) in [5.74, 6) is 1.41. The second-order valence-electron chi connectivity index (χ2n) is 5.60. The van der Waals surface area contributed by atoms with Crippen molar-refractivity contribution in [1.29, 1.82) is 0 Å². The molecule has 3 rings (SSSR count). The zero-order valence-corrected chi connectivity index (χ0v) is 16.8. The van der Waals surface area contributed by atoms with Crippen LogP contribution in [0.2, 0.25) is 0 Å². The van der Waals surface area contributed by atoms with Crippen molar-refractivity contribution >= 4 is 44.8 Å². The molecule has 0 aliphatic carbocycles. The van der Waals surface area contributed by atoms with E-state index in [9.17, 15) is 4.79 Å². The summed E-state index contributed by atoms with van der Waals surface area (Å²) in [5, 5.41) is 0.759. The summed E-state index contributed by atoms with van der Waals surface area (Å²) in [5.41, 5.74) is 2.17. The van der Waals surface area contributed by atoms with Gasteiger partial charge < -0.3 is 4.42 Å². The van der Waals surface area contributed by atoms with E-state index in [1.54, 1.807) is 11.0 Å². The van der Waals surface area contributed by atoms with Gasteiger partial charge >= 0.3 is 0 Å². The Morgan fingerprint density at radius 1 is 1.28 bits per heavy atom. The molecule has 0 spiro atoms. The maximum absolute atomic E-state index is 12.5. The van der Waals surface area contributed by atoms with E-state index in [4.69, 9.17) is 4.42 Å². The van der Waals surface area contributed by atoms with Crippen LogP contribution in [-0.2, 0) is 4.79 Å². The average molecular weight is 419 g/mol. The van der Waals surface area contributed by atoms with Crippen LogP contribution in [0.3, 0.4) is 0 Å². The van der Waals surface area contributed by atoms with Gasteiger partial charge in [-0.2, -0.15) is 0 Å². The fraction of sp³-hybridized carbons (Fsp3) is 0.263. The van der Waals surface area contributed by atoms with Gasteiger partial charge in [0.25, 0.3) is 5.91 Å². The second-order valence-corrected chi connectivity index (χ2v) is 7.47. The molecule has 1 aliphatic rings. The third-order valence-electron chi connectivity index (χ3n) is 3.79. The first-order chi connectivity index (χ1) is 12.0. The highest BCUT2D eigenvalue weighted by Gasteiger charge is 2.32. The van der Waals surface area contributed by atoms with Gasteiger partial charge in [-0.15, -0.1) is 0 Å². The lowest BCUT2D eigenvalue weighted by molar-refractivity contribution is -0.122. The maximum atomic E-state index is 12.5. The van der Waals surface area contributed by atoms with E-state index < -0.39 is 0 Å². The summed E-state index contributed by atoms with van der Waals surface area (Å²) < 4.78 is 6.92. The minimum absolute atomic E-state index is 0.0193. The van der Waals surface area contributed by atoms with Gasteiger partial charge in [0.2, 0.25) is 0 Å². The predicted octanol–water partition coefficient (Wildman–Crippen LogP) is 5.33. The molecule has 0 saturated carbocycles. The molecule has 1 fully saturated rings. The molecule has 0 atom stereocenters. The number of aryl methyl sites for hydroxylation is 1. The summed E-state index contributed by atoms with van der Waals surface area (Å²) >= 11 is 4.98. The van der Waals surface area contributed by atoms with Crippen LogP contribution in [0.1, 0.15) is 25.2 Å². The van der Waals surface area contributed by atoms with Gasteiger partial charge in [0.15, 0.2) is 5.17 Å². The molecule has 25 heavy (non-hydrogen) atoms. The monoisotopic (exact) mass is 418 g/mol. The zero-order chi connectivity index (χ0) is 18.0. The first kappa shape index (κ1) is 18.0. The normalized spacial score (nSPS) is 17.9. The number of carbonyl (C=O) groups is 1. The minimum Gasteiger partial charge on any atom is -0.457 e. The SMILES string of the molecule is CCN=C1S/C(=C\c2ccc(-c3ccc(C)cc3Br)o2)C(=O)N1CC. The molecule has 6 heteroatoms. The Morgan fingerprint density at radius 2 is 2.08 bits per heavy atom. The molecule has 0 unspecified atom stereocenters. The lowest BCUT2D eigenvalue weighted by Gasteiger charge is -2.11. The van der Waals surface area contributed by atoms with Crippen LogP contribution in [-0.4, -0.2) is 29.1 Å². The number of nitrogens with zero attached hydrogens (tertiary/aromatic N) is 2. The molecule has 2 heterocycles. The molecule has 1 amide bonds. The van der Waals surface area contributed by atoms with Crippen LogP contribution in [0.25, 0.3) is 17.4 Å². The largest absolute Gasteiger partial charge is 0.457 e. The molecule has 1 aromatic carbocycles. The van der Waals surface area contributed by atoms with Crippen molar-refractivity contribution < 1.29 is 9.21 Å². The molecule has 1 aromatic heterocycles. The number of amides is 1. The van der Waals surface area contributed by atoms with Crippen molar-refractivity contribution in [2.45, 2.75) is 20.8 Å². The Balaban J connectivity index is 1.89. The fourth-order valence-corrected chi connectivity index (χ4v) is 4.34. The Hall–Kier alpha value is -1.79. The van der Waals surface area contributed by atoms with E-state index in [1.165, 1.54) is 17.3 Å². The molecule has 2 aromatic rings. The molecular weight excluding hydrogens is 400 g/mol. The first-order valence-corrected chi connectivity index (χ1v) is 9.76.